The van der Waals surface area contributed by atoms with Crippen LogP contribution in [0.5, 0.6) is 0 Å². The highest BCUT2D eigenvalue weighted by molar-refractivity contribution is 8.06. The van der Waals surface area contributed by atoms with Gasteiger partial charge in [0.25, 0.3) is 11.8 Å². The molecule has 0 aromatic carbocycles. The van der Waals surface area contributed by atoms with Crippen LogP contribution in [0.15, 0.2) is 26.6 Å². The highest BCUT2D eigenvalue weighted by Crippen LogP contribution is 2.43. The molecule has 1 aromatic heterocycles. The second-order valence-corrected chi connectivity index (χ2v) is 9.03. The minimum Gasteiger partial charge on any atom is -0.479 e. The summed E-state index contributed by atoms with van der Waals surface area (Å²) < 4.78 is 0. The van der Waals surface area contributed by atoms with Crippen molar-refractivity contribution in [2.24, 2.45) is 5.16 Å². The third kappa shape index (κ3) is 4.44. The van der Waals surface area contributed by atoms with Gasteiger partial charge in [-0.1, -0.05) is 12.1 Å². The van der Waals surface area contributed by atoms with Crippen molar-refractivity contribution in [3.63, 3.8) is 0 Å². The number of rotatable bonds is 9. The molecule has 0 aliphatic carbocycles. The second kappa shape index (κ2) is 9.49. The molecule has 14 heteroatoms. The number of hydrogen-bond donors (Lipinski definition) is 3. The summed E-state index contributed by atoms with van der Waals surface area (Å²) in [6.07, 6.45) is 0. The Hall–Kier alpha value is -2.58. The molecule has 0 saturated carbocycles. The van der Waals surface area contributed by atoms with Crippen LogP contribution in [-0.2, 0) is 24.0 Å². The highest BCUT2D eigenvalue weighted by atomic mass is 32.2. The number of carboxylic acid groups (broad SMARTS) is 2. The van der Waals surface area contributed by atoms with Crippen molar-refractivity contribution < 1.29 is 34.2 Å². The SMILES string of the molecule is CCSC1=C(C(=O)O)N2C(=O)C(NC(=O)/C(=N\OCC(=O)O)c3cscn3)[C@H]2SC1. The van der Waals surface area contributed by atoms with Crippen molar-refractivity contribution in [1.29, 1.82) is 0 Å². The van der Waals surface area contributed by atoms with Gasteiger partial charge in [-0.2, -0.15) is 0 Å². The maximum atomic E-state index is 12.7. The lowest BCUT2D eigenvalue weighted by molar-refractivity contribution is -0.150. The minimum absolute atomic E-state index is 0.0562. The molecule has 3 N–H and O–H groups in total. The fourth-order valence-corrected chi connectivity index (χ4v) is 5.71. The smallest absolute Gasteiger partial charge is 0.353 e. The van der Waals surface area contributed by atoms with Gasteiger partial charge in [0, 0.05) is 16.0 Å². The van der Waals surface area contributed by atoms with Crippen LogP contribution in [0.1, 0.15) is 12.6 Å². The first-order valence-corrected chi connectivity index (χ1v) is 11.5. The van der Waals surface area contributed by atoms with Gasteiger partial charge in [0.05, 0.1) is 5.51 Å². The monoisotopic (exact) mass is 472 g/mol. The van der Waals surface area contributed by atoms with E-state index in [0.717, 1.165) is 0 Å². The van der Waals surface area contributed by atoms with Gasteiger partial charge < -0.3 is 20.4 Å². The van der Waals surface area contributed by atoms with Crippen molar-refractivity contribution in [3.8, 4) is 0 Å². The van der Waals surface area contributed by atoms with Gasteiger partial charge in [-0.15, -0.1) is 34.9 Å². The third-order valence-corrected chi connectivity index (χ3v) is 7.00. The first-order chi connectivity index (χ1) is 14.3. The molecule has 0 spiro atoms. The summed E-state index contributed by atoms with van der Waals surface area (Å²) in [6, 6.07) is -0.951. The van der Waals surface area contributed by atoms with E-state index < -0.39 is 41.8 Å². The summed E-state index contributed by atoms with van der Waals surface area (Å²) in [4.78, 5) is 58.1. The zero-order chi connectivity index (χ0) is 21.8. The number of carbonyl (C=O) groups excluding carboxylic acids is 2. The number of fused-ring (bicyclic) bond motifs is 1. The summed E-state index contributed by atoms with van der Waals surface area (Å²) in [5.41, 5.74) is 1.29. The summed E-state index contributed by atoms with van der Waals surface area (Å²) in [5.74, 6) is -2.70. The molecular formula is C16H16N4O7S3. The molecule has 11 nitrogen and oxygen atoms in total. The van der Waals surface area contributed by atoms with Crippen LogP contribution in [0.2, 0.25) is 0 Å². The number of thiazole rings is 1. The molecule has 1 unspecified atom stereocenters. The summed E-state index contributed by atoms with van der Waals surface area (Å²) >= 11 is 3.91. The number of hydrogen-bond acceptors (Lipinski definition) is 10. The first kappa shape index (κ1) is 22.1. The molecule has 2 aliphatic heterocycles. The van der Waals surface area contributed by atoms with Crippen LogP contribution in [0, 0.1) is 0 Å². The Morgan fingerprint density at radius 1 is 1.43 bits per heavy atom. The topological polar surface area (TPSA) is 158 Å². The molecule has 3 rings (SSSR count). The zero-order valence-corrected chi connectivity index (χ0v) is 17.9. The predicted molar refractivity (Wildman–Crippen MR) is 110 cm³/mol. The van der Waals surface area contributed by atoms with Gasteiger partial charge in [0.15, 0.2) is 5.71 Å². The molecule has 2 aliphatic rings. The number of nitrogens with one attached hydrogen (secondary N) is 1. The molecule has 2 atom stereocenters. The lowest BCUT2D eigenvalue weighted by Crippen LogP contribution is -2.71. The van der Waals surface area contributed by atoms with E-state index in [1.165, 1.54) is 50.7 Å². The van der Waals surface area contributed by atoms with Crippen molar-refractivity contribution in [3.05, 3.63) is 27.2 Å². The van der Waals surface area contributed by atoms with Crippen LogP contribution in [0.25, 0.3) is 0 Å². The highest BCUT2D eigenvalue weighted by Gasteiger charge is 2.54. The van der Waals surface area contributed by atoms with Crippen LogP contribution in [0.4, 0.5) is 0 Å². The Morgan fingerprint density at radius 3 is 2.80 bits per heavy atom. The van der Waals surface area contributed by atoms with E-state index in [1.807, 2.05) is 6.92 Å². The van der Waals surface area contributed by atoms with Crippen LogP contribution in [0.3, 0.4) is 0 Å². The average molecular weight is 473 g/mol. The number of amides is 2. The van der Waals surface area contributed by atoms with Crippen molar-refractivity contribution in [2.75, 3.05) is 18.1 Å². The fraction of sp³-hybridized carbons (Fsp3) is 0.375. The van der Waals surface area contributed by atoms with Crippen molar-refractivity contribution in [1.82, 2.24) is 15.2 Å². The third-order valence-electron chi connectivity index (χ3n) is 3.97. The van der Waals surface area contributed by atoms with E-state index in [4.69, 9.17) is 5.11 Å². The Kier molecular flexibility index (Phi) is 6.99. The molecule has 0 bridgehead atoms. The number of aliphatic carboxylic acids is 2. The maximum Gasteiger partial charge on any atom is 0.353 e. The molecule has 0 radical (unpaired) electrons. The number of nitrogens with zero attached hydrogens (tertiary/aromatic N) is 3. The van der Waals surface area contributed by atoms with Gasteiger partial charge in [0.1, 0.15) is 22.8 Å². The van der Waals surface area contributed by atoms with E-state index >= 15 is 0 Å². The molecule has 160 valence electrons. The number of thioether (sulfide) groups is 2. The minimum atomic E-state index is -1.27. The molecular weight excluding hydrogens is 456 g/mol. The molecule has 2 amide bonds. The fourth-order valence-electron chi connectivity index (χ4n) is 2.77. The molecule has 30 heavy (non-hydrogen) atoms. The Morgan fingerprint density at radius 2 is 2.20 bits per heavy atom. The Labute approximate surface area is 182 Å². The number of carbonyl (C=O) groups is 4. The van der Waals surface area contributed by atoms with E-state index in [-0.39, 0.29) is 17.1 Å². The van der Waals surface area contributed by atoms with Gasteiger partial charge >= 0.3 is 11.9 Å². The van der Waals surface area contributed by atoms with E-state index in [9.17, 15) is 24.3 Å². The molecule has 1 saturated heterocycles. The second-order valence-electron chi connectivity index (χ2n) is 5.85. The standard InChI is InChI=1S/C16H16N4O7S3/c1-2-29-8-5-30-15-11(14(24)20(15)12(8)16(25)26)18-13(23)10(7-4-28-6-17-7)19-27-3-9(21)22/h4,6,11,15H,2-3,5H2,1H3,(H,18,23)(H,21,22)(H,25,26)/b19-10-/t11?,15-/m1/s1. The number of carboxylic acids is 2. The lowest BCUT2D eigenvalue weighted by atomic mass is 10.0. The Balaban J connectivity index is 1.76. The van der Waals surface area contributed by atoms with Gasteiger partial charge in [-0.05, 0) is 5.75 Å². The summed E-state index contributed by atoms with van der Waals surface area (Å²) in [6.45, 7) is 1.14. The summed E-state index contributed by atoms with van der Waals surface area (Å²) in [7, 11) is 0. The van der Waals surface area contributed by atoms with Gasteiger partial charge in [0.2, 0.25) is 6.61 Å². The van der Waals surface area contributed by atoms with Crippen molar-refractivity contribution >= 4 is 64.3 Å². The van der Waals surface area contributed by atoms with E-state index in [1.54, 1.807) is 0 Å². The van der Waals surface area contributed by atoms with Gasteiger partial charge in [-0.3, -0.25) is 14.5 Å². The molecule has 1 aromatic rings. The first-order valence-electron chi connectivity index (χ1n) is 8.50. The number of aromatic nitrogens is 1. The number of β-lactam (4-membered cyclic amide) rings is 1. The maximum absolute atomic E-state index is 12.7. The zero-order valence-electron chi connectivity index (χ0n) is 15.4. The normalized spacial score (nSPS) is 21.0. The van der Waals surface area contributed by atoms with Crippen LogP contribution < -0.4 is 5.32 Å². The number of oxime groups is 1. The Bertz CT molecular complexity index is 931. The largest absolute Gasteiger partial charge is 0.479 e. The average Bonchev–Trinajstić information content (AvgIpc) is 3.23. The lowest BCUT2D eigenvalue weighted by Gasteiger charge is -2.49. The van der Waals surface area contributed by atoms with Crippen molar-refractivity contribution in [2.45, 2.75) is 18.3 Å². The molecule has 1 fully saturated rings. The van der Waals surface area contributed by atoms with E-state index in [0.29, 0.717) is 16.4 Å². The van der Waals surface area contributed by atoms with Gasteiger partial charge in [-0.25, -0.2) is 14.6 Å². The van der Waals surface area contributed by atoms with Crippen LogP contribution in [-0.4, -0.2) is 79.1 Å². The quantitative estimate of drug-likeness (QED) is 0.261. The molecule has 3 heterocycles. The predicted octanol–water partition coefficient (Wildman–Crippen LogP) is 0.398. The van der Waals surface area contributed by atoms with E-state index in [2.05, 4.69) is 20.3 Å². The summed E-state index contributed by atoms with van der Waals surface area (Å²) in [5, 5.41) is 25.3. The van der Waals surface area contributed by atoms with Crippen LogP contribution >= 0.6 is 34.9 Å².